The Morgan fingerprint density at radius 1 is 1.29 bits per heavy atom. The standard InChI is InChI=1S/C12H19NO3S/c1-3-17(15,16)11(8-14)12(13)10-6-4-9(2)5-7-10/h4-7,11-12,14H,3,8,13H2,1-2H3/t11-,12-/m1/s1. The quantitative estimate of drug-likeness (QED) is 0.817. The number of aryl methyl sites for hydroxylation is 1. The highest BCUT2D eigenvalue weighted by molar-refractivity contribution is 7.92. The van der Waals surface area contributed by atoms with Gasteiger partial charge in [0.15, 0.2) is 9.84 Å². The third-order valence-corrected chi connectivity index (χ3v) is 5.08. The second-order valence-electron chi connectivity index (χ2n) is 4.11. The molecule has 0 radical (unpaired) electrons. The minimum absolute atomic E-state index is 0.0161. The molecule has 96 valence electrons. The molecule has 0 saturated carbocycles. The minimum Gasteiger partial charge on any atom is -0.395 e. The summed E-state index contributed by atoms with van der Waals surface area (Å²) in [5, 5.41) is 8.28. The fraction of sp³-hybridized carbons (Fsp3) is 0.500. The number of aliphatic hydroxyl groups is 1. The van der Waals surface area contributed by atoms with Crippen LogP contribution in [0.25, 0.3) is 0 Å². The summed E-state index contributed by atoms with van der Waals surface area (Å²) in [6, 6.07) is 6.66. The van der Waals surface area contributed by atoms with Crippen LogP contribution in [0.4, 0.5) is 0 Å². The number of hydrogen-bond donors (Lipinski definition) is 2. The highest BCUT2D eigenvalue weighted by Gasteiger charge is 2.30. The van der Waals surface area contributed by atoms with Crippen molar-refractivity contribution in [1.29, 1.82) is 0 Å². The van der Waals surface area contributed by atoms with E-state index in [-0.39, 0.29) is 5.75 Å². The van der Waals surface area contributed by atoms with Crippen molar-refractivity contribution in [3.05, 3.63) is 35.4 Å². The first-order chi connectivity index (χ1) is 7.92. The van der Waals surface area contributed by atoms with E-state index >= 15 is 0 Å². The van der Waals surface area contributed by atoms with Gasteiger partial charge in [-0.2, -0.15) is 0 Å². The number of hydrogen-bond acceptors (Lipinski definition) is 4. The van der Waals surface area contributed by atoms with Crippen LogP contribution in [-0.2, 0) is 9.84 Å². The molecule has 2 atom stereocenters. The second-order valence-corrected chi connectivity index (χ2v) is 6.62. The van der Waals surface area contributed by atoms with Crippen molar-refractivity contribution in [2.24, 2.45) is 5.73 Å². The van der Waals surface area contributed by atoms with Crippen LogP contribution in [0.5, 0.6) is 0 Å². The molecule has 4 nitrogen and oxygen atoms in total. The van der Waals surface area contributed by atoms with E-state index in [9.17, 15) is 13.5 Å². The van der Waals surface area contributed by atoms with Crippen LogP contribution in [0, 0.1) is 6.92 Å². The van der Waals surface area contributed by atoms with Crippen molar-refractivity contribution >= 4 is 9.84 Å². The lowest BCUT2D eigenvalue weighted by Gasteiger charge is -2.22. The Hall–Kier alpha value is -0.910. The molecule has 1 aromatic rings. The first kappa shape index (κ1) is 14.2. The maximum absolute atomic E-state index is 11.8. The van der Waals surface area contributed by atoms with Crippen LogP contribution in [0.3, 0.4) is 0 Å². The van der Waals surface area contributed by atoms with Crippen molar-refractivity contribution in [3.8, 4) is 0 Å². The van der Waals surface area contributed by atoms with Crippen molar-refractivity contribution in [3.63, 3.8) is 0 Å². The lowest BCUT2D eigenvalue weighted by molar-refractivity contribution is 0.277. The fourth-order valence-corrected chi connectivity index (χ4v) is 2.93. The summed E-state index contributed by atoms with van der Waals surface area (Å²) in [7, 11) is -3.34. The van der Waals surface area contributed by atoms with Crippen LogP contribution in [0.15, 0.2) is 24.3 Å². The number of aliphatic hydroxyl groups excluding tert-OH is 1. The maximum atomic E-state index is 11.8. The molecule has 5 heteroatoms. The van der Waals surface area contributed by atoms with E-state index in [2.05, 4.69) is 0 Å². The fourth-order valence-electron chi connectivity index (χ4n) is 1.67. The van der Waals surface area contributed by atoms with Crippen LogP contribution in [-0.4, -0.2) is 31.1 Å². The predicted octanol–water partition coefficient (Wildman–Crippen LogP) is 0.790. The van der Waals surface area contributed by atoms with Crippen molar-refractivity contribution in [1.82, 2.24) is 0 Å². The molecule has 0 fully saturated rings. The number of nitrogens with two attached hydrogens (primary N) is 1. The molecule has 0 saturated heterocycles. The van der Waals surface area contributed by atoms with Crippen molar-refractivity contribution < 1.29 is 13.5 Å². The van der Waals surface area contributed by atoms with E-state index < -0.39 is 27.7 Å². The van der Waals surface area contributed by atoms with Gasteiger partial charge in [-0.25, -0.2) is 8.42 Å². The molecule has 17 heavy (non-hydrogen) atoms. The summed E-state index contributed by atoms with van der Waals surface area (Å²) in [6.07, 6.45) is 0. The summed E-state index contributed by atoms with van der Waals surface area (Å²) < 4.78 is 23.5. The van der Waals surface area contributed by atoms with Gasteiger partial charge in [-0.05, 0) is 12.5 Å². The zero-order valence-corrected chi connectivity index (χ0v) is 10.9. The van der Waals surface area contributed by atoms with Gasteiger partial charge in [-0.15, -0.1) is 0 Å². The van der Waals surface area contributed by atoms with Gasteiger partial charge in [0, 0.05) is 11.8 Å². The summed E-state index contributed by atoms with van der Waals surface area (Å²) in [6.45, 7) is 3.05. The summed E-state index contributed by atoms with van der Waals surface area (Å²) >= 11 is 0. The maximum Gasteiger partial charge on any atom is 0.157 e. The topological polar surface area (TPSA) is 80.4 Å². The van der Waals surface area contributed by atoms with Gasteiger partial charge in [0.1, 0.15) is 5.25 Å². The molecular weight excluding hydrogens is 238 g/mol. The molecule has 0 bridgehead atoms. The van der Waals surface area contributed by atoms with E-state index in [0.717, 1.165) is 11.1 Å². The first-order valence-electron chi connectivity index (χ1n) is 5.57. The molecule has 0 aliphatic heterocycles. The van der Waals surface area contributed by atoms with Crippen molar-refractivity contribution in [2.75, 3.05) is 12.4 Å². The van der Waals surface area contributed by atoms with E-state index in [1.54, 1.807) is 19.1 Å². The predicted molar refractivity (Wildman–Crippen MR) is 68.4 cm³/mol. The average Bonchev–Trinajstić information content (AvgIpc) is 2.30. The van der Waals surface area contributed by atoms with Crippen LogP contribution < -0.4 is 5.73 Å². The Morgan fingerprint density at radius 3 is 2.24 bits per heavy atom. The molecule has 0 heterocycles. The third kappa shape index (κ3) is 3.28. The van der Waals surface area contributed by atoms with Gasteiger partial charge in [-0.3, -0.25) is 0 Å². The van der Waals surface area contributed by atoms with Crippen molar-refractivity contribution in [2.45, 2.75) is 25.1 Å². The molecule has 0 unspecified atom stereocenters. The lowest BCUT2D eigenvalue weighted by Crippen LogP contribution is -2.37. The van der Waals surface area contributed by atoms with Gasteiger partial charge in [0.05, 0.1) is 6.61 Å². The van der Waals surface area contributed by atoms with Crippen LogP contribution >= 0.6 is 0 Å². The molecular formula is C12H19NO3S. The Morgan fingerprint density at radius 2 is 1.82 bits per heavy atom. The van der Waals surface area contributed by atoms with Crippen LogP contribution in [0.1, 0.15) is 24.1 Å². The van der Waals surface area contributed by atoms with E-state index in [4.69, 9.17) is 5.73 Å². The van der Waals surface area contributed by atoms with E-state index in [1.165, 1.54) is 0 Å². The number of rotatable bonds is 5. The highest BCUT2D eigenvalue weighted by Crippen LogP contribution is 2.20. The second kappa shape index (κ2) is 5.62. The molecule has 0 aliphatic rings. The molecule has 0 aliphatic carbocycles. The zero-order chi connectivity index (χ0) is 13.1. The molecule has 1 rings (SSSR count). The summed E-state index contributed by atoms with van der Waals surface area (Å²) in [5.74, 6) is -0.0161. The molecule has 0 spiro atoms. The van der Waals surface area contributed by atoms with Gasteiger partial charge >= 0.3 is 0 Å². The Bertz CT molecular complexity index is 453. The van der Waals surface area contributed by atoms with Gasteiger partial charge in [0.25, 0.3) is 0 Å². The number of sulfone groups is 1. The molecule has 0 aromatic heterocycles. The Kier molecular flexibility index (Phi) is 4.68. The normalized spacial score (nSPS) is 15.5. The van der Waals surface area contributed by atoms with Crippen LogP contribution in [0.2, 0.25) is 0 Å². The van der Waals surface area contributed by atoms with Gasteiger partial charge in [-0.1, -0.05) is 36.8 Å². The van der Waals surface area contributed by atoms with Gasteiger partial charge in [0.2, 0.25) is 0 Å². The minimum atomic E-state index is -3.34. The van der Waals surface area contributed by atoms with E-state index in [0.29, 0.717) is 0 Å². The number of benzene rings is 1. The SMILES string of the molecule is CCS(=O)(=O)[C@H](CO)[C@H](N)c1ccc(C)cc1. The average molecular weight is 257 g/mol. The zero-order valence-electron chi connectivity index (χ0n) is 10.1. The largest absolute Gasteiger partial charge is 0.395 e. The van der Waals surface area contributed by atoms with E-state index in [1.807, 2.05) is 19.1 Å². The lowest BCUT2D eigenvalue weighted by atomic mass is 10.0. The monoisotopic (exact) mass is 257 g/mol. The third-order valence-electron chi connectivity index (χ3n) is 2.91. The molecule has 1 aromatic carbocycles. The molecule has 3 N–H and O–H groups in total. The Labute approximate surface area is 102 Å². The summed E-state index contributed by atoms with van der Waals surface area (Å²) in [4.78, 5) is 0. The smallest absolute Gasteiger partial charge is 0.157 e. The first-order valence-corrected chi connectivity index (χ1v) is 7.28. The Balaban J connectivity index is 3.02. The molecule has 0 amide bonds. The highest BCUT2D eigenvalue weighted by atomic mass is 32.2. The summed E-state index contributed by atoms with van der Waals surface area (Å²) in [5.41, 5.74) is 7.73. The van der Waals surface area contributed by atoms with Gasteiger partial charge < -0.3 is 10.8 Å².